The number of carboxylic acid groups (broad SMARTS) is 1. The minimum Gasteiger partial charge on any atom is -0.479 e. The van der Waals surface area contributed by atoms with Gasteiger partial charge in [0, 0.05) is 15.5 Å². The van der Waals surface area contributed by atoms with Crippen LogP contribution in [0.3, 0.4) is 0 Å². The topological polar surface area (TPSA) is 78.9 Å². The molecule has 108 valence electrons. The predicted molar refractivity (Wildman–Crippen MR) is 79.8 cm³/mol. The third-order valence-corrected chi connectivity index (χ3v) is 3.95. The molecule has 20 heavy (non-hydrogen) atoms. The number of aliphatic carboxylic acids is 1. The van der Waals surface area contributed by atoms with Gasteiger partial charge in [-0.15, -0.1) is 0 Å². The number of nitrogens with zero attached hydrogens (tertiary/aromatic N) is 1. The molecule has 1 aliphatic rings. The van der Waals surface area contributed by atoms with Crippen LogP contribution in [0.15, 0.2) is 27.1 Å². The molecule has 2 amide bonds. The van der Waals surface area contributed by atoms with Gasteiger partial charge in [-0.3, -0.25) is 0 Å². The summed E-state index contributed by atoms with van der Waals surface area (Å²) in [7, 11) is 0. The summed E-state index contributed by atoms with van der Waals surface area (Å²) in [5.74, 6) is -1.06. The summed E-state index contributed by atoms with van der Waals surface area (Å²) in [4.78, 5) is 24.4. The molecule has 1 heterocycles. The summed E-state index contributed by atoms with van der Waals surface area (Å²) in [6.45, 7) is 0.616. The van der Waals surface area contributed by atoms with Crippen LogP contribution in [0.25, 0.3) is 0 Å². The number of amides is 2. The van der Waals surface area contributed by atoms with E-state index in [-0.39, 0.29) is 19.2 Å². The molecule has 1 aliphatic heterocycles. The number of hydrogen-bond donors (Lipinski definition) is 2. The number of ether oxygens (including phenoxy) is 1. The van der Waals surface area contributed by atoms with Crippen molar-refractivity contribution in [2.75, 3.05) is 25.0 Å². The third kappa shape index (κ3) is 3.71. The fraction of sp³-hybridized carbons (Fsp3) is 0.333. The maximum atomic E-state index is 12.1. The van der Waals surface area contributed by atoms with Crippen molar-refractivity contribution in [1.82, 2.24) is 4.90 Å². The van der Waals surface area contributed by atoms with Crippen LogP contribution >= 0.6 is 31.9 Å². The molecule has 0 radical (unpaired) electrons. The number of halogens is 2. The summed E-state index contributed by atoms with van der Waals surface area (Å²) >= 11 is 6.68. The maximum absolute atomic E-state index is 12.1. The van der Waals surface area contributed by atoms with E-state index in [2.05, 4.69) is 37.2 Å². The van der Waals surface area contributed by atoms with Crippen molar-refractivity contribution in [2.45, 2.75) is 6.10 Å². The zero-order valence-electron chi connectivity index (χ0n) is 10.3. The lowest BCUT2D eigenvalue weighted by molar-refractivity contribution is -0.154. The first-order valence-corrected chi connectivity index (χ1v) is 7.41. The van der Waals surface area contributed by atoms with Crippen molar-refractivity contribution >= 4 is 49.5 Å². The molecule has 2 rings (SSSR count). The summed E-state index contributed by atoms with van der Waals surface area (Å²) in [5, 5.41) is 11.6. The average molecular weight is 408 g/mol. The van der Waals surface area contributed by atoms with E-state index in [1.54, 1.807) is 12.1 Å². The first-order chi connectivity index (χ1) is 9.47. The summed E-state index contributed by atoms with van der Waals surface area (Å²) in [5.41, 5.74) is 0.622. The van der Waals surface area contributed by atoms with Gasteiger partial charge in [-0.2, -0.15) is 0 Å². The fourth-order valence-corrected chi connectivity index (χ4v) is 2.91. The van der Waals surface area contributed by atoms with Gasteiger partial charge in [-0.25, -0.2) is 9.59 Å². The maximum Gasteiger partial charge on any atom is 0.334 e. The van der Waals surface area contributed by atoms with Gasteiger partial charge in [0.1, 0.15) is 0 Å². The first kappa shape index (κ1) is 15.3. The van der Waals surface area contributed by atoms with Crippen LogP contribution in [-0.4, -0.2) is 47.8 Å². The van der Waals surface area contributed by atoms with Crippen molar-refractivity contribution in [3.8, 4) is 0 Å². The zero-order chi connectivity index (χ0) is 14.7. The highest BCUT2D eigenvalue weighted by Gasteiger charge is 2.29. The highest BCUT2D eigenvalue weighted by atomic mass is 79.9. The molecule has 1 saturated heterocycles. The van der Waals surface area contributed by atoms with E-state index in [1.807, 2.05) is 6.07 Å². The van der Waals surface area contributed by atoms with E-state index in [0.29, 0.717) is 12.2 Å². The molecule has 6 nitrogen and oxygen atoms in total. The number of nitrogens with one attached hydrogen (secondary N) is 1. The van der Waals surface area contributed by atoms with Crippen LogP contribution in [-0.2, 0) is 9.53 Å². The van der Waals surface area contributed by atoms with Crippen molar-refractivity contribution < 1.29 is 19.4 Å². The van der Waals surface area contributed by atoms with Crippen molar-refractivity contribution in [2.24, 2.45) is 0 Å². The van der Waals surface area contributed by atoms with Gasteiger partial charge in [0.25, 0.3) is 0 Å². The largest absolute Gasteiger partial charge is 0.479 e. The zero-order valence-corrected chi connectivity index (χ0v) is 13.5. The van der Waals surface area contributed by atoms with Crippen LogP contribution in [0.2, 0.25) is 0 Å². The van der Waals surface area contributed by atoms with Crippen LogP contribution in [0.1, 0.15) is 0 Å². The van der Waals surface area contributed by atoms with Gasteiger partial charge < -0.3 is 20.1 Å². The minimum atomic E-state index is -1.06. The number of anilines is 1. The van der Waals surface area contributed by atoms with Gasteiger partial charge in [0.2, 0.25) is 0 Å². The lowest BCUT2D eigenvalue weighted by Crippen LogP contribution is -2.49. The quantitative estimate of drug-likeness (QED) is 0.789. The van der Waals surface area contributed by atoms with Gasteiger partial charge in [-0.05, 0) is 34.1 Å². The first-order valence-electron chi connectivity index (χ1n) is 5.83. The number of benzene rings is 1. The number of carbonyl (C=O) groups is 2. The Morgan fingerprint density at radius 3 is 2.80 bits per heavy atom. The highest BCUT2D eigenvalue weighted by Crippen LogP contribution is 2.26. The van der Waals surface area contributed by atoms with Gasteiger partial charge in [-0.1, -0.05) is 15.9 Å². The van der Waals surface area contributed by atoms with Crippen LogP contribution in [0, 0.1) is 0 Å². The third-order valence-electron chi connectivity index (χ3n) is 2.80. The van der Waals surface area contributed by atoms with E-state index >= 15 is 0 Å². The summed E-state index contributed by atoms with van der Waals surface area (Å²) in [6, 6.07) is 5.03. The second kappa shape index (κ2) is 6.55. The lowest BCUT2D eigenvalue weighted by Gasteiger charge is -2.30. The van der Waals surface area contributed by atoms with E-state index in [1.165, 1.54) is 4.90 Å². The fourth-order valence-electron chi connectivity index (χ4n) is 1.77. The monoisotopic (exact) mass is 406 g/mol. The van der Waals surface area contributed by atoms with Crippen LogP contribution < -0.4 is 5.32 Å². The molecule has 0 saturated carbocycles. The Hall–Kier alpha value is -1.12. The molecule has 1 aromatic carbocycles. The Morgan fingerprint density at radius 1 is 1.40 bits per heavy atom. The molecule has 1 atom stereocenters. The van der Waals surface area contributed by atoms with Crippen LogP contribution in [0.5, 0.6) is 0 Å². The second-order valence-corrected chi connectivity index (χ2v) is 5.97. The van der Waals surface area contributed by atoms with Gasteiger partial charge in [0.15, 0.2) is 6.10 Å². The van der Waals surface area contributed by atoms with Crippen LogP contribution in [0.4, 0.5) is 10.5 Å². The lowest BCUT2D eigenvalue weighted by atomic mass is 10.3. The molecule has 0 bridgehead atoms. The summed E-state index contributed by atoms with van der Waals surface area (Å²) in [6.07, 6.45) is -0.970. The molecule has 0 aromatic heterocycles. The molecule has 0 aliphatic carbocycles. The molecule has 1 fully saturated rings. The molecule has 2 N–H and O–H groups in total. The van der Waals surface area contributed by atoms with E-state index in [4.69, 9.17) is 9.84 Å². The normalized spacial score (nSPS) is 18.7. The number of urea groups is 1. The molecular weight excluding hydrogens is 396 g/mol. The Labute approximate surface area is 132 Å². The molecule has 0 spiro atoms. The van der Waals surface area contributed by atoms with Gasteiger partial charge >= 0.3 is 12.0 Å². The predicted octanol–water partition coefficient (Wildman–Crippen LogP) is 2.53. The molecule has 1 unspecified atom stereocenters. The Kier molecular flexibility index (Phi) is 5.00. The van der Waals surface area contributed by atoms with E-state index in [9.17, 15) is 9.59 Å². The molecular formula is C12H12Br2N2O4. The number of carboxylic acids is 1. The number of morpholine rings is 1. The summed E-state index contributed by atoms with van der Waals surface area (Å²) < 4.78 is 6.70. The highest BCUT2D eigenvalue weighted by molar-refractivity contribution is 9.11. The second-order valence-electron chi connectivity index (χ2n) is 4.20. The van der Waals surface area contributed by atoms with E-state index in [0.717, 1.165) is 8.95 Å². The number of rotatable bonds is 2. The Bertz CT molecular complexity index is 538. The minimum absolute atomic E-state index is 0.0370. The smallest absolute Gasteiger partial charge is 0.334 e. The van der Waals surface area contributed by atoms with Crippen molar-refractivity contribution in [1.29, 1.82) is 0 Å². The number of carbonyl (C=O) groups excluding carboxylic acids is 1. The molecule has 8 heteroatoms. The van der Waals surface area contributed by atoms with Crippen molar-refractivity contribution in [3.05, 3.63) is 27.1 Å². The molecule has 1 aromatic rings. The number of hydrogen-bond acceptors (Lipinski definition) is 3. The van der Waals surface area contributed by atoms with Gasteiger partial charge in [0.05, 0.1) is 18.8 Å². The Balaban J connectivity index is 2.02. The standard InChI is InChI=1S/C12H12Br2N2O4/c13-7-1-2-9(8(14)5-7)15-12(19)16-3-4-20-10(6-16)11(17)18/h1-2,5,10H,3-4,6H2,(H,15,19)(H,17,18). The van der Waals surface area contributed by atoms with Crippen molar-refractivity contribution in [3.63, 3.8) is 0 Å². The van der Waals surface area contributed by atoms with E-state index < -0.39 is 12.1 Å². The average Bonchev–Trinajstić information content (AvgIpc) is 2.42. The SMILES string of the molecule is O=C(O)C1CN(C(=O)Nc2ccc(Br)cc2Br)CCO1. The Morgan fingerprint density at radius 2 is 2.15 bits per heavy atom.